The Morgan fingerprint density at radius 1 is 1.18 bits per heavy atom. The van der Waals surface area contributed by atoms with Gasteiger partial charge in [0.15, 0.2) is 0 Å². The van der Waals surface area contributed by atoms with E-state index in [2.05, 4.69) is 5.32 Å². The number of rotatable bonds is 6. The van der Waals surface area contributed by atoms with Gasteiger partial charge in [-0.2, -0.15) is 0 Å². The number of carbonyl (C=O) groups is 2. The molecule has 1 fully saturated rings. The molecule has 1 saturated heterocycles. The molecule has 0 aliphatic carbocycles. The zero-order valence-corrected chi connectivity index (χ0v) is 16.4. The molecule has 0 unspecified atom stereocenters. The molecule has 3 rings (SSSR count). The lowest BCUT2D eigenvalue weighted by atomic mass is 9.74. The van der Waals surface area contributed by atoms with E-state index in [0.29, 0.717) is 25.3 Å². The van der Waals surface area contributed by atoms with Crippen LogP contribution in [0, 0.1) is 0 Å². The largest absolute Gasteiger partial charge is 0.497 e. The first-order valence-corrected chi connectivity index (χ1v) is 9.43. The summed E-state index contributed by atoms with van der Waals surface area (Å²) in [5.74, 6) is -0.0914. The van der Waals surface area contributed by atoms with Crippen LogP contribution in [0.1, 0.15) is 39.1 Å². The normalized spacial score (nSPS) is 15.6. The fraction of sp³-hybridized carbons (Fsp3) is 0.333. The lowest BCUT2D eigenvalue weighted by molar-refractivity contribution is 0.0487. The summed E-state index contributed by atoms with van der Waals surface area (Å²) in [6.45, 7) is 1.72. The van der Waals surface area contributed by atoms with Crippen molar-refractivity contribution in [3.63, 3.8) is 0 Å². The lowest BCUT2D eigenvalue weighted by Gasteiger charge is -2.38. The summed E-state index contributed by atoms with van der Waals surface area (Å²) in [5, 5.41) is 3.19. The van der Waals surface area contributed by atoms with E-state index >= 15 is 0 Å². The minimum atomic E-state index is -0.588. The second-order valence-corrected chi connectivity index (χ2v) is 7.27. The number of amides is 2. The molecule has 2 amide bonds. The zero-order chi connectivity index (χ0) is 20.1. The number of halogens is 1. The van der Waals surface area contributed by atoms with Crippen molar-refractivity contribution in [3.05, 3.63) is 64.2 Å². The molecule has 0 bridgehead atoms. The highest BCUT2D eigenvalue weighted by atomic mass is 35.5. The summed E-state index contributed by atoms with van der Waals surface area (Å²) < 4.78 is 10.8. The summed E-state index contributed by atoms with van der Waals surface area (Å²) in [6, 6.07) is 12.3. The van der Waals surface area contributed by atoms with Crippen molar-refractivity contribution >= 4 is 23.4 Å². The molecular weight excluding hydrogens is 380 g/mol. The monoisotopic (exact) mass is 402 g/mol. The summed E-state index contributed by atoms with van der Waals surface area (Å²) in [6.07, 6.45) is 1.60. The predicted molar refractivity (Wildman–Crippen MR) is 107 cm³/mol. The third kappa shape index (κ3) is 4.29. The number of benzene rings is 2. The zero-order valence-electron chi connectivity index (χ0n) is 15.7. The molecule has 0 aromatic heterocycles. The van der Waals surface area contributed by atoms with Crippen molar-refractivity contribution in [1.29, 1.82) is 0 Å². The van der Waals surface area contributed by atoms with E-state index in [4.69, 9.17) is 26.8 Å². The van der Waals surface area contributed by atoms with Gasteiger partial charge in [-0.25, -0.2) is 0 Å². The average molecular weight is 403 g/mol. The van der Waals surface area contributed by atoms with Gasteiger partial charge in [0.1, 0.15) is 5.75 Å². The second kappa shape index (κ2) is 8.63. The number of nitrogens with two attached hydrogens (primary N) is 1. The van der Waals surface area contributed by atoms with Gasteiger partial charge in [-0.1, -0.05) is 23.7 Å². The maximum absolute atomic E-state index is 12.7. The Hall–Kier alpha value is -2.57. The van der Waals surface area contributed by atoms with Crippen molar-refractivity contribution in [1.82, 2.24) is 5.32 Å². The highest BCUT2D eigenvalue weighted by Gasteiger charge is 2.35. The quantitative estimate of drug-likeness (QED) is 0.777. The lowest BCUT2D eigenvalue weighted by Crippen LogP contribution is -2.44. The summed E-state index contributed by atoms with van der Waals surface area (Å²) >= 11 is 6.17. The minimum absolute atomic E-state index is 0.194. The number of hydrogen-bond donors (Lipinski definition) is 2. The molecular formula is C21H23ClN2O4. The number of nitrogens with one attached hydrogen (secondary N) is 1. The smallest absolute Gasteiger partial charge is 0.252 e. The van der Waals surface area contributed by atoms with Crippen LogP contribution in [0.3, 0.4) is 0 Å². The van der Waals surface area contributed by atoms with Crippen LogP contribution >= 0.6 is 11.6 Å². The third-order valence-corrected chi connectivity index (χ3v) is 5.55. The number of methoxy groups -OCH3 is 1. The Balaban J connectivity index is 1.78. The molecule has 7 heteroatoms. The molecule has 0 spiro atoms. The maximum Gasteiger partial charge on any atom is 0.252 e. The standard InChI is InChI=1S/C21H23ClN2O4/c1-27-16-5-3-15(4-6-16)21(8-10-28-11-9-21)13-24-20(26)17-7-2-14(19(23)25)12-18(17)22/h2-7,12H,8-11,13H2,1H3,(H2,23,25)(H,24,26). The highest BCUT2D eigenvalue weighted by Crippen LogP contribution is 2.35. The predicted octanol–water partition coefficient (Wildman–Crippen LogP) is 2.93. The van der Waals surface area contributed by atoms with Gasteiger partial charge in [0.25, 0.3) is 5.91 Å². The Labute approximate surface area is 169 Å². The Morgan fingerprint density at radius 2 is 1.86 bits per heavy atom. The van der Waals surface area contributed by atoms with Gasteiger partial charge in [-0.3, -0.25) is 9.59 Å². The van der Waals surface area contributed by atoms with Gasteiger partial charge in [-0.15, -0.1) is 0 Å². The molecule has 2 aromatic carbocycles. The first kappa shape index (κ1) is 20.2. The van der Waals surface area contributed by atoms with Gasteiger partial charge in [0.05, 0.1) is 17.7 Å². The Bertz CT molecular complexity index is 861. The van der Waals surface area contributed by atoms with Crippen molar-refractivity contribution in [3.8, 4) is 5.75 Å². The van der Waals surface area contributed by atoms with Crippen molar-refractivity contribution in [2.45, 2.75) is 18.3 Å². The van der Waals surface area contributed by atoms with Gasteiger partial charge in [-0.05, 0) is 48.7 Å². The molecule has 6 nitrogen and oxygen atoms in total. The molecule has 28 heavy (non-hydrogen) atoms. The molecule has 3 N–H and O–H groups in total. The minimum Gasteiger partial charge on any atom is -0.497 e. The molecule has 1 aliphatic heterocycles. The molecule has 2 aromatic rings. The van der Waals surface area contributed by atoms with Crippen LogP contribution in [0.5, 0.6) is 5.75 Å². The molecule has 0 atom stereocenters. The molecule has 1 aliphatic rings. The van der Waals surface area contributed by atoms with E-state index in [1.165, 1.54) is 18.2 Å². The SMILES string of the molecule is COc1ccc(C2(CNC(=O)c3ccc(C(N)=O)cc3Cl)CCOCC2)cc1. The molecule has 1 heterocycles. The van der Waals surface area contributed by atoms with E-state index in [1.807, 2.05) is 24.3 Å². The van der Waals surface area contributed by atoms with Crippen molar-refractivity contribution < 1.29 is 19.1 Å². The van der Waals surface area contributed by atoms with Gasteiger partial charge in [0, 0.05) is 30.7 Å². The number of ether oxygens (including phenoxy) is 2. The van der Waals surface area contributed by atoms with Gasteiger partial charge >= 0.3 is 0 Å². The van der Waals surface area contributed by atoms with Crippen LogP contribution in [0.25, 0.3) is 0 Å². The van der Waals surface area contributed by atoms with E-state index in [0.717, 1.165) is 24.2 Å². The average Bonchev–Trinajstić information content (AvgIpc) is 2.72. The Kier molecular flexibility index (Phi) is 6.21. The van der Waals surface area contributed by atoms with Crippen LogP contribution < -0.4 is 15.8 Å². The van der Waals surface area contributed by atoms with Crippen LogP contribution in [-0.4, -0.2) is 38.7 Å². The molecule has 0 radical (unpaired) electrons. The first-order chi connectivity index (χ1) is 13.4. The highest BCUT2D eigenvalue weighted by molar-refractivity contribution is 6.34. The molecule has 148 valence electrons. The van der Waals surface area contributed by atoms with Gasteiger partial charge < -0.3 is 20.5 Å². The van der Waals surface area contributed by atoms with Gasteiger partial charge in [0.2, 0.25) is 5.91 Å². The maximum atomic E-state index is 12.7. The van der Waals surface area contributed by atoms with Crippen molar-refractivity contribution in [2.24, 2.45) is 5.73 Å². The number of carbonyl (C=O) groups excluding carboxylic acids is 2. The van der Waals surface area contributed by atoms with Crippen LogP contribution in [0.15, 0.2) is 42.5 Å². The van der Waals surface area contributed by atoms with E-state index in [-0.39, 0.29) is 21.9 Å². The number of hydrogen-bond acceptors (Lipinski definition) is 4. The van der Waals surface area contributed by atoms with Crippen LogP contribution in [0.4, 0.5) is 0 Å². The van der Waals surface area contributed by atoms with Crippen molar-refractivity contribution in [2.75, 3.05) is 26.9 Å². The third-order valence-electron chi connectivity index (χ3n) is 5.24. The number of primary amides is 1. The van der Waals surface area contributed by atoms with E-state index in [1.54, 1.807) is 7.11 Å². The fourth-order valence-corrected chi connectivity index (χ4v) is 3.74. The summed E-state index contributed by atoms with van der Waals surface area (Å²) in [4.78, 5) is 24.0. The second-order valence-electron chi connectivity index (χ2n) is 6.86. The molecule has 0 saturated carbocycles. The topological polar surface area (TPSA) is 90.6 Å². The summed E-state index contributed by atoms with van der Waals surface area (Å²) in [7, 11) is 1.63. The first-order valence-electron chi connectivity index (χ1n) is 9.05. The fourth-order valence-electron chi connectivity index (χ4n) is 3.47. The van der Waals surface area contributed by atoms with Crippen LogP contribution in [0.2, 0.25) is 5.02 Å². The Morgan fingerprint density at radius 3 is 2.43 bits per heavy atom. The summed E-state index contributed by atoms with van der Waals surface area (Å²) in [5.41, 5.74) is 6.73. The van der Waals surface area contributed by atoms with E-state index < -0.39 is 5.91 Å². The van der Waals surface area contributed by atoms with Crippen LogP contribution in [-0.2, 0) is 10.2 Å². The van der Waals surface area contributed by atoms with E-state index in [9.17, 15) is 9.59 Å².